The molecule has 0 saturated carbocycles. The molecule has 0 radical (unpaired) electrons. The highest BCUT2D eigenvalue weighted by atomic mass is 32.1. The number of aromatic nitrogens is 3. The van der Waals surface area contributed by atoms with Gasteiger partial charge in [0, 0.05) is 17.2 Å². The lowest BCUT2D eigenvalue weighted by Gasteiger charge is -2.15. The van der Waals surface area contributed by atoms with Gasteiger partial charge in [0.05, 0.1) is 12.2 Å². The normalized spacial score (nSPS) is 14.8. The summed E-state index contributed by atoms with van der Waals surface area (Å²) in [6.45, 7) is 0.383. The molecular formula is C23H16N6OS. The molecule has 0 aliphatic carbocycles. The van der Waals surface area contributed by atoms with Crippen LogP contribution >= 0.6 is 11.3 Å². The first-order valence-electron chi connectivity index (χ1n) is 9.65. The van der Waals surface area contributed by atoms with E-state index in [9.17, 15) is 10.1 Å². The van der Waals surface area contributed by atoms with Gasteiger partial charge in [-0.3, -0.25) is 4.79 Å². The third-order valence-corrected chi connectivity index (χ3v) is 5.90. The minimum Gasteiger partial charge on any atom is -0.362 e. The molecule has 8 heteroatoms. The summed E-state index contributed by atoms with van der Waals surface area (Å²) >= 11 is 1.55. The SMILES string of the molecule is N#Cc1c(NCc2csc(-c3ccccc3)n2)nn2c1N=CC(c1ccccc1)C2=O. The van der Waals surface area contributed by atoms with E-state index in [1.807, 2.05) is 66.0 Å². The van der Waals surface area contributed by atoms with Crippen LogP contribution in [-0.2, 0) is 6.54 Å². The highest BCUT2D eigenvalue weighted by molar-refractivity contribution is 7.13. The van der Waals surface area contributed by atoms with Gasteiger partial charge in [0.25, 0.3) is 5.91 Å². The van der Waals surface area contributed by atoms with Crippen LogP contribution < -0.4 is 5.32 Å². The molecule has 1 aliphatic rings. The Hall–Kier alpha value is -4.09. The van der Waals surface area contributed by atoms with Gasteiger partial charge < -0.3 is 5.32 Å². The first-order valence-corrected chi connectivity index (χ1v) is 10.5. The van der Waals surface area contributed by atoms with Crippen LogP contribution in [-0.4, -0.2) is 26.9 Å². The summed E-state index contributed by atoms with van der Waals surface area (Å²) in [5.74, 6) is -0.183. The van der Waals surface area contributed by atoms with Crippen LogP contribution in [0, 0.1) is 11.3 Å². The van der Waals surface area contributed by atoms with Crippen molar-refractivity contribution in [2.24, 2.45) is 4.99 Å². The number of hydrogen-bond donors (Lipinski definition) is 1. The Labute approximate surface area is 182 Å². The van der Waals surface area contributed by atoms with Gasteiger partial charge in [0.2, 0.25) is 0 Å². The molecule has 1 atom stereocenters. The van der Waals surface area contributed by atoms with Gasteiger partial charge in [-0.1, -0.05) is 60.7 Å². The zero-order valence-electron chi connectivity index (χ0n) is 16.3. The lowest BCUT2D eigenvalue weighted by Crippen LogP contribution is -2.25. The van der Waals surface area contributed by atoms with Crippen LogP contribution in [0.2, 0.25) is 0 Å². The van der Waals surface area contributed by atoms with E-state index in [0.717, 1.165) is 21.8 Å². The molecule has 7 nitrogen and oxygen atoms in total. The smallest absolute Gasteiger partial charge is 0.261 e. The Bertz CT molecular complexity index is 1320. The van der Waals surface area contributed by atoms with Gasteiger partial charge in [-0.25, -0.2) is 9.98 Å². The molecular weight excluding hydrogens is 408 g/mol. The molecule has 0 fully saturated rings. The molecule has 31 heavy (non-hydrogen) atoms. The number of carbonyl (C=O) groups is 1. The summed E-state index contributed by atoms with van der Waals surface area (Å²) in [6, 6.07) is 21.5. The molecule has 1 N–H and O–H groups in total. The number of nitrogens with one attached hydrogen (secondary N) is 1. The van der Waals surface area contributed by atoms with Crippen LogP contribution in [0.25, 0.3) is 10.6 Å². The highest BCUT2D eigenvalue weighted by Crippen LogP contribution is 2.32. The summed E-state index contributed by atoms with van der Waals surface area (Å²) in [5, 5.41) is 20.0. The number of hydrogen-bond acceptors (Lipinski definition) is 7. The second-order valence-electron chi connectivity index (χ2n) is 6.94. The van der Waals surface area contributed by atoms with Crippen LogP contribution in [0.5, 0.6) is 0 Å². The zero-order valence-corrected chi connectivity index (χ0v) is 17.1. The molecule has 150 valence electrons. The van der Waals surface area contributed by atoms with Gasteiger partial charge in [0.1, 0.15) is 22.6 Å². The number of benzene rings is 2. The summed E-state index contributed by atoms with van der Waals surface area (Å²) in [7, 11) is 0. The molecule has 1 aliphatic heterocycles. The zero-order chi connectivity index (χ0) is 21.2. The molecule has 1 unspecified atom stereocenters. The highest BCUT2D eigenvalue weighted by Gasteiger charge is 2.31. The maximum absolute atomic E-state index is 13.0. The molecule has 4 aromatic rings. The molecule has 2 aromatic carbocycles. The van der Waals surface area contributed by atoms with E-state index in [2.05, 4.69) is 26.5 Å². The van der Waals surface area contributed by atoms with Gasteiger partial charge in [0.15, 0.2) is 11.6 Å². The number of aliphatic imine (C=N–C) groups is 1. The third kappa shape index (κ3) is 3.52. The van der Waals surface area contributed by atoms with E-state index in [4.69, 9.17) is 0 Å². The number of thiazole rings is 1. The standard InChI is InChI=1S/C23H16N6OS/c24-11-18-20(25-12-17-14-31-22(27-17)16-9-5-2-6-10-16)28-29-21(18)26-13-19(23(29)30)15-7-3-1-4-8-15/h1-10,13-14,19H,12H2,(H,25,28). The summed E-state index contributed by atoms with van der Waals surface area (Å²) in [5.41, 5.74) is 2.97. The monoisotopic (exact) mass is 424 g/mol. The second-order valence-corrected chi connectivity index (χ2v) is 7.80. The largest absolute Gasteiger partial charge is 0.362 e. The summed E-state index contributed by atoms with van der Waals surface area (Å²) in [6.07, 6.45) is 1.58. The average Bonchev–Trinajstić information content (AvgIpc) is 3.44. The van der Waals surface area contributed by atoms with Crippen molar-refractivity contribution in [3.8, 4) is 16.6 Å². The number of rotatable bonds is 5. The van der Waals surface area contributed by atoms with Gasteiger partial charge >= 0.3 is 0 Å². The molecule has 0 saturated heterocycles. The Morgan fingerprint density at radius 3 is 2.58 bits per heavy atom. The van der Waals surface area contributed by atoms with Crippen molar-refractivity contribution in [3.05, 3.63) is 82.9 Å². The molecule has 2 aromatic heterocycles. The van der Waals surface area contributed by atoms with Crippen LogP contribution in [0.4, 0.5) is 11.6 Å². The van der Waals surface area contributed by atoms with Crippen molar-refractivity contribution in [2.45, 2.75) is 12.5 Å². The van der Waals surface area contributed by atoms with Gasteiger partial charge in [-0.15, -0.1) is 16.4 Å². The lowest BCUT2D eigenvalue weighted by atomic mass is 9.99. The van der Waals surface area contributed by atoms with Crippen molar-refractivity contribution >= 4 is 35.1 Å². The lowest BCUT2D eigenvalue weighted by molar-refractivity contribution is 0.0888. The number of anilines is 1. The van der Waals surface area contributed by atoms with Crippen molar-refractivity contribution in [3.63, 3.8) is 0 Å². The molecule has 5 rings (SSSR count). The van der Waals surface area contributed by atoms with Crippen molar-refractivity contribution in [2.75, 3.05) is 5.32 Å². The maximum atomic E-state index is 13.0. The first-order chi connectivity index (χ1) is 15.2. The number of fused-ring (bicyclic) bond motifs is 1. The van der Waals surface area contributed by atoms with Crippen LogP contribution in [0.1, 0.15) is 27.5 Å². The van der Waals surface area contributed by atoms with Crippen molar-refractivity contribution in [1.82, 2.24) is 14.8 Å². The summed E-state index contributed by atoms with van der Waals surface area (Å²) < 4.78 is 1.22. The minimum absolute atomic E-state index is 0.235. The van der Waals surface area contributed by atoms with Crippen LogP contribution in [0.3, 0.4) is 0 Å². The quantitative estimate of drug-likeness (QED) is 0.504. The van der Waals surface area contributed by atoms with Gasteiger partial charge in [-0.05, 0) is 5.56 Å². The fourth-order valence-electron chi connectivity index (χ4n) is 3.41. The maximum Gasteiger partial charge on any atom is 0.261 e. The topological polar surface area (TPSA) is 96.0 Å². The minimum atomic E-state index is -0.528. The predicted molar refractivity (Wildman–Crippen MR) is 120 cm³/mol. The fourth-order valence-corrected chi connectivity index (χ4v) is 4.24. The van der Waals surface area contributed by atoms with Crippen LogP contribution in [0.15, 0.2) is 71.0 Å². The van der Waals surface area contributed by atoms with E-state index in [1.165, 1.54) is 4.68 Å². The number of nitriles is 1. The van der Waals surface area contributed by atoms with E-state index in [0.29, 0.717) is 12.4 Å². The van der Waals surface area contributed by atoms with E-state index >= 15 is 0 Å². The Morgan fingerprint density at radius 2 is 1.84 bits per heavy atom. The summed E-state index contributed by atoms with van der Waals surface area (Å²) in [4.78, 5) is 22.0. The Balaban J connectivity index is 1.38. The van der Waals surface area contributed by atoms with Crippen molar-refractivity contribution < 1.29 is 4.79 Å². The van der Waals surface area contributed by atoms with Gasteiger partial charge in [-0.2, -0.15) is 9.94 Å². The van der Waals surface area contributed by atoms with E-state index < -0.39 is 5.92 Å². The van der Waals surface area contributed by atoms with Crippen molar-refractivity contribution in [1.29, 1.82) is 5.26 Å². The molecule has 3 heterocycles. The third-order valence-electron chi connectivity index (χ3n) is 4.96. The van der Waals surface area contributed by atoms with E-state index in [1.54, 1.807) is 17.6 Å². The molecule has 0 bridgehead atoms. The fraction of sp³-hybridized carbons (Fsp3) is 0.0870. The van der Waals surface area contributed by atoms with E-state index in [-0.39, 0.29) is 17.3 Å². The Kier molecular flexibility index (Phi) is 4.86. The average molecular weight is 424 g/mol. The number of carbonyl (C=O) groups excluding carboxylic acids is 1. The predicted octanol–water partition coefficient (Wildman–Crippen LogP) is 4.63. The Morgan fingerprint density at radius 1 is 1.10 bits per heavy atom. The first kappa shape index (κ1) is 18.9. The molecule has 0 spiro atoms. The second kappa shape index (κ2) is 7.97. The number of nitrogens with zero attached hydrogens (tertiary/aromatic N) is 5. The molecule has 0 amide bonds.